The number of fused-ring (bicyclic) bond motifs is 1. The first-order valence-electron chi connectivity index (χ1n) is 8.63. The number of hydrogen-bond donors (Lipinski definition) is 0. The minimum atomic E-state index is -4.31. The SMILES string of the molecule is COC(=O)COC(=O)[C@]1(C)[C@H](C(=O)OCc2ccccc2)N2C(=O)C[C@H]2S1(=O)=O. The molecule has 0 saturated carbocycles. The summed E-state index contributed by atoms with van der Waals surface area (Å²) >= 11 is 0. The second kappa shape index (κ2) is 7.47. The number of methoxy groups -OCH3 is 1. The molecule has 11 heteroatoms. The summed E-state index contributed by atoms with van der Waals surface area (Å²) in [5, 5.41) is -1.32. The maximum Gasteiger partial charge on any atom is 0.344 e. The van der Waals surface area contributed by atoms with E-state index >= 15 is 0 Å². The summed E-state index contributed by atoms with van der Waals surface area (Å²) in [5.41, 5.74) is 0.642. The lowest BCUT2D eigenvalue weighted by Crippen LogP contribution is -2.59. The van der Waals surface area contributed by atoms with Crippen LogP contribution in [0.5, 0.6) is 0 Å². The average Bonchev–Trinajstić information content (AvgIpc) is 2.85. The molecule has 0 N–H and O–H groups in total. The zero-order valence-electron chi connectivity index (χ0n) is 15.7. The first-order valence-corrected chi connectivity index (χ1v) is 10.2. The van der Waals surface area contributed by atoms with E-state index in [1.54, 1.807) is 30.3 Å². The van der Waals surface area contributed by atoms with Gasteiger partial charge in [-0.3, -0.25) is 9.59 Å². The molecule has 0 aromatic heterocycles. The number of ether oxygens (including phenoxy) is 3. The fourth-order valence-electron chi connectivity index (χ4n) is 3.37. The zero-order valence-corrected chi connectivity index (χ0v) is 16.5. The van der Waals surface area contributed by atoms with Crippen LogP contribution in [0.2, 0.25) is 0 Å². The van der Waals surface area contributed by atoms with Crippen molar-refractivity contribution < 1.29 is 41.8 Å². The Balaban J connectivity index is 1.88. The molecule has 2 aliphatic heterocycles. The molecule has 3 atom stereocenters. The van der Waals surface area contributed by atoms with Crippen LogP contribution in [0.25, 0.3) is 0 Å². The molecular weight excluding hydrogens is 406 g/mol. The van der Waals surface area contributed by atoms with Gasteiger partial charge in [0.1, 0.15) is 12.0 Å². The highest BCUT2D eigenvalue weighted by Crippen LogP contribution is 2.47. The van der Waals surface area contributed by atoms with Crippen molar-refractivity contribution in [2.75, 3.05) is 13.7 Å². The second-order valence-electron chi connectivity index (χ2n) is 6.76. The summed E-state index contributed by atoms with van der Waals surface area (Å²) in [5.74, 6) is -3.87. The van der Waals surface area contributed by atoms with Gasteiger partial charge in [0.05, 0.1) is 13.5 Å². The van der Waals surface area contributed by atoms with Gasteiger partial charge >= 0.3 is 17.9 Å². The van der Waals surface area contributed by atoms with Gasteiger partial charge in [0.15, 0.2) is 27.2 Å². The van der Waals surface area contributed by atoms with Crippen molar-refractivity contribution in [3.8, 4) is 0 Å². The topological polar surface area (TPSA) is 133 Å². The van der Waals surface area contributed by atoms with Crippen LogP contribution < -0.4 is 0 Å². The fourth-order valence-corrected chi connectivity index (χ4v) is 5.65. The Bertz CT molecular complexity index is 959. The van der Waals surface area contributed by atoms with Crippen molar-refractivity contribution in [1.29, 1.82) is 0 Å². The molecule has 0 aliphatic carbocycles. The zero-order chi connectivity index (χ0) is 21.4. The Kier molecular flexibility index (Phi) is 5.35. The van der Waals surface area contributed by atoms with Crippen LogP contribution in [0.4, 0.5) is 0 Å². The lowest BCUT2D eigenvalue weighted by molar-refractivity contribution is -0.168. The predicted octanol–water partition coefficient (Wildman–Crippen LogP) is -0.440. The van der Waals surface area contributed by atoms with Crippen LogP contribution in [-0.4, -0.2) is 67.0 Å². The predicted molar refractivity (Wildman–Crippen MR) is 95.6 cm³/mol. The Morgan fingerprint density at radius 1 is 1.17 bits per heavy atom. The van der Waals surface area contributed by atoms with Gasteiger partial charge in [-0.2, -0.15) is 0 Å². The molecule has 0 spiro atoms. The van der Waals surface area contributed by atoms with Crippen molar-refractivity contribution in [3.63, 3.8) is 0 Å². The van der Waals surface area contributed by atoms with Crippen molar-refractivity contribution in [2.45, 2.75) is 36.1 Å². The Labute approximate surface area is 166 Å². The number of hydrogen-bond acceptors (Lipinski definition) is 9. The average molecular weight is 425 g/mol. The van der Waals surface area contributed by atoms with Gasteiger partial charge in [0.25, 0.3) is 0 Å². The first-order chi connectivity index (χ1) is 13.6. The molecule has 1 aromatic rings. The maximum atomic E-state index is 12.9. The second-order valence-corrected chi connectivity index (χ2v) is 9.24. The molecule has 3 rings (SSSR count). The van der Waals surface area contributed by atoms with E-state index in [1.807, 2.05) is 0 Å². The third kappa shape index (κ3) is 3.24. The molecule has 0 radical (unpaired) electrons. The quantitative estimate of drug-likeness (QED) is 0.338. The molecule has 2 saturated heterocycles. The standard InChI is InChI=1S/C18H19NO9S/c1-18(17(23)28-10-14(21)26-2)15(19-12(20)8-13(19)29(18,24)25)16(22)27-9-11-6-4-3-5-7-11/h3-7,13,15H,8-10H2,1-2H3/t13-,15+,18+/m1/s1. The molecule has 156 valence electrons. The summed E-state index contributed by atoms with van der Waals surface area (Å²) in [7, 11) is -3.25. The minimum absolute atomic E-state index is 0.170. The smallest absolute Gasteiger partial charge is 0.344 e. The Morgan fingerprint density at radius 3 is 2.41 bits per heavy atom. The summed E-state index contributed by atoms with van der Waals surface area (Å²) in [6, 6.07) is 6.90. The monoisotopic (exact) mass is 425 g/mol. The van der Waals surface area contributed by atoms with Crippen LogP contribution in [0.3, 0.4) is 0 Å². The maximum absolute atomic E-state index is 12.9. The van der Waals surface area contributed by atoms with E-state index in [2.05, 4.69) is 4.74 Å². The Morgan fingerprint density at radius 2 is 1.83 bits per heavy atom. The first kappa shape index (κ1) is 20.8. The molecule has 0 unspecified atom stereocenters. The van der Waals surface area contributed by atoms with Crippen molar-refractivity contribution >= 4 is 33.7 Å². The molecule has 0 bridgehead atoms. The van der Waals surface area contributed by atoms with Crippen LogP contribution in [-0.2, 0) is 49.8 Å². The number of carbonyl (C=O) groups is 4. The number of sulfone groups is 1. The summed E-state index contributed by atoms with van der Waals surface area (Å²) in [6.45, 7) is 0.00301. The molecule has 2 fully saturated rings. The van der Waals surface area contributed by atoms with Gasteiger partial charge in [-0.25, -0.2) is 18.0 Å². The summed E-state index contributed by atoms with van der Waals surface area (Å²) in [4.78, 5) is 49.6. The van der Waals surface area contributed by atoms with Crippen molar-refractivity contribution in [1.82, 2.24) is 4.90 Å². The van der Waals surface area contributed by atoms with Gasteiger partial charge in [0.2, 0.25) is 5.91 Å². The minimum Gasteiger partial charge on any atom is -0.466 e. The van der Waals surface area contributed by atoms with Crippen molar-refractivity contribution in [3.05, 3.63) is 35.9 Å². The van der Waals surface area contributed by atoms with E-state index in [4.69, 9.17) is 9.47 Å². The van der Waals surface area contributed by atoms with Crippen molar-refractivity contribution in [2.24, 2.45) is 0 Å². The lowest BCUT2D eigenvalue weighted by Gasteiger charge is -2.36. The third-order valence-corrected chi connectivity index (χ3v) is 7.78. The van der Waals surface area contributed by atoms with Gasteiger partial charge in [-0.05, 0) is 12.5 Å². The molecular formula is C18H19NO9S. The molecule has 1 aromatic carbocycles. The Hall–Kier alpha value is -2.95. The van der Waals surface area contributed by atoms with E-state index in [-0.39, 0.29) is 13.0 Å². The number of β-lactam (4-membered cyclic amide) rings is 1. The van der Waals surface area contributed by atoms with E-state index in [1.165, 1.54) is 0 Å². The van der Waals surface area contributed by atoms with Crippen LogP contribution in [0.1, 0.15) is 18.9 Å². The van der Waals surface area contributed by atoms with E-state index in [0.29, 0.717) is 5.56 Å². The van der Waals surface area contributed by atoms with Gasteiger partial charge in [0, 0.05) is 0 Å². The number of esters is 3. The van der Waals surface area contributed by atoms with E-state index < -0.39 is 56.4 Å². The molecule has 29 heavy (non-hydrogen) atoms. The van der Waals surface area contributed by atoms with Gasteiger partial charge < -0.3 is 19.1 Å². The number of benzene rings is 1. The number of nitrogens with zero attached hydrogens (tertiary/aromatic N) is 1. The third-order valence-electron chi connectivity index (χ3n) is 5.10. The van der Waals surface area contributed by atoms with Gasteiger partial charge in [-0.1, -0.05) is 30.3 Å². The van der Waals surface area contributed by atoms with Crippen LogP contribution in [0.15, 0.2) is 30.3 Å². The highest BCUT2D eigenvalue weighted by molar-refractivity contribution is 7.94. The lowest BCUT2D eigenvalue weighted by atomic mass is 9.96. The summed E-state index contributed by atoms with van der Waals surface area (Å²) < 4.78 is 37.8. The number of carbonyl (C=O) groups excluding carboxylic acids is 4. The van der Waals surface area contributed by atoms with Crippen LogP contribution >= 0.6 is 0 Å². The normalized spacial score (nSPS) is 26.8. The summed E-state index contributed by atoms with van der Waals surface area (Å²) in [6.07, 6.45) is -0.343. The van der Waals surface area contributed by atoms with E-state index in [0.717, 1.165) is 18.9 Å². The highest BCUT2D eigenvalue weighted by Gasteiger charge is 2.74. The molecule has 1 amide bonds. The number of amides is 1. The van der Waals surface area contributed by atoms with E-state index in [9.17, 15) is 27.6 Å². The largest absolute Gasteiger partial charge is 0.466 e. The van der Waals surface area contributed by atoms with Crippen LogP contribution in [0, 0.1) is 0 Å². The molecule has 10 nitrogen and oxygen atoms in total. The number of rotatable bonds is 6. The molecule has 2 heterocycles. The fraction of sp³-hybridized carbons (Fsp3) is 0.444. The molecule has 2 aliphatic rings. The van der Waals surface area contributed by atoms with Gasteiger partial charge in [-0.15, -0.1) is 0 Å². The highest BCUT2D eigenvalue weighted by atomic mass is 32.2.